The third-order valence-corrected chi connectivity index (χ3v) is 9.37. The lowest BCUT2D eigenvalue weighted by Crippen LogP contribution is -2.32. The molecule has 0 saturated heterocycles. The number of ether oxygens (including phenoxy) is 1. The van der Waals surface area contributed by atoms with Crippen molar-refractivity contribution in [3.63, 3.8) is 0 Å². The van der Waals surface area contributed by atoms with E-state index in [1.54, 1.807) is 0 Å². The summed E-state index contributed by atoms with van der Waals surface area (Å²) in [7, 11) is 0. The molecule has 0 aliphatic heterocycles. The van der Waals surface area contributed by atoms with E-state index < -0.39 is 30.7 Å². The van der Waals surface area contributed by atoms with E-state index in [9.17, 15) is 15.0 Å². The molecule has 0 unspecified atom stereocenters. The number of hydrogen-bond donors (Lipinski definition) is 3. The number of aliphatic hydroxyl groups is 3. The molecule has 0 aromatic carbocycles. The van der Waals surface area contributed by atoms with Crippen LogP contribution in [0.25, 0.3) is 0 Å². The van der Waals surface area contributed by atoms with Crippen molar-refractivity contribution in [3.8, 4) is 0 Å². The monoisotopic (exact) mass is 627 g/mol. The highest BCUT2D eigenvalue weighted by molar-refractivity contribution is 5.73. The summed E-state index contributed by atoms with van der Waals surface area (Å²) in [5.41, 5.74) is 0. The molecule has 0 saturated carbocycles. The van der Waals surface area contributed by atoms with Crippen molar-refractivity contribution < 1.29 is 24.9 Å². The van der Waals surface area contributed by atoms with Gasteiger partial charge < -0.3 is 20.1 Å². The summed E-state index contributed by atoms with van der Waals surface area (Å²) < 4.78 is 5.27. The Labute approximate surface area is 274 Å². The molecule has 0 radical (unpaired) electrons. The first-order chi connectivity index (χ1) is 21.6. The van der Waals surface area contributed by atoms with Gasteiger partial charge in [0, 0.05) is 0 Å². The van der Waals surface area contributed by atoms with Crippen LogP contribution in [0.4, 0.5) is 0 Å². The van der Waals surface area contributed by atoms with E-state index in [1.807, 2.05) is 0 Å². The third kappa shape index (κ3) is 30.0. The van der Waals surface area contributed by atoms with Crippen molar-refractivity contribution in [3.05, 3.63) is 0 Å². The molecule has 0 heterocycles. The van der Waals surface area contributed by atoms with Gasteiger partial charge in [-0.05, 0) is 12.8 Å². The van der Waals surface area contributed by atoms with Crippen molar-refractivity contribution in [1.29, 1.82) is 0 Å². The van der Waals surface area contributed by atoms with E-state index in [0.717, 1.165) is 25.7 Å². The normalized spacial score (nSPS) is 13.7. The minimum atomic E-state index is -1.06. The first-order valence-corrected chi connectivity index (χ1v) is 19.7. The summed E-state index contributed by atoms with van der Waals surface area (Å²) in [6.45, 7) is 3.90. The molecule has 3 atom stereocenters. The number of esters is 1. The van der Waals surface area contributed by atoms with Crippen molar-refractivity contribution >= 4 is 5.97 Å². The molecule has 5 heteroatoms. The maximum Gasteiger partial charge on any atom is 0.311 e. The van der Waals surface area contributed by atoms with Crippen LogP contribution in [0.1, 0.15) is 213 Å². The number of unbranched alkanes of at least 4 members (excludes halogenated alkanes) is 27. The highest BCUT2D eigenvalue weighted by Crippen LogP contribution is 2.22. The Morgan fingerprint density at radius 1 is 0.477 bits per heavy atom. The van der Waals surface area contributed by atoms with E-state index in [0.29, 0.717) is 12.8 Å². The Morgan fingerprint density at radius 3 is 1.09 bits per heavy atom. The van der Waals surface area contributed by atoms with E-state index in [1.165, 1.54) is 161 Å². The second-order valence-corrected chi connectivity index (χ2v) is 13.8. The number of hydrogen-bond acceptors (Lipinski definition) is 5. The molecule has 5 nitrogen and oxygen atoms in total. The lowest BCUT2D eigenvalue weighted by molar-refractivity contribution is -0.156. The fourth-order valence-electron chi connectivity index (χ4n) is 6.29. The van der Waals surface area contributed by atoms with Crippen LogP contribution in [0, 0.1) is 5.92 Å². The number of aliphatic hydroxyl groups excluding tert-OH is 3. The summed E-state index contributed by atoms with van der Waals surface area (Å²) in [6, 6.07) is 0. The van der Waals surface area contributed by atoms with Gasteiger partial charge in [0.2, 0.25) is 0 Å². The predicted octanol–water partition coefficient (Wildman–Crippen LogP) is 11.0. The van der Waals surface area contributed by atoms with Crippen LogP contribution in [0.3, 0.4) is 0 Å². The molecular weight excluding hydrogens is 548 g/mol. The van der Waals surface area contributed by atoms with Crippen LogP contribution in [0.5, 0.6) is 0 Å². The van der Waals surface area contributed by atoms with Crippen LogP contribution in [-0.4, -0.2) is 46.7 Å². The molecule has 0 bridgehead atoms. The second-order valence-electron chi connectivity index (χ2n) is 13.8. The largest absolute Gasteiger partial charge is 0.463 e. The van der Waals surface area contributed by atoms with Crippen LogP contribution >= 0.6 is 0 Å². The fraction of sp³-hybridized carbons (Fsp3) is 0.974. The molecule has 0 fully saturated rings. The zero-order chi connectivity index (χ0) is 32.4. The number of carbonyl (C=O) groups excluding carboxylic acids is 1. The van der Waals surface area contributed by atoms with Crippen LogP contribution in [0.15, 0.2) is 0 Å². The molecule has 0 amide bonds. The van der Waals surface area contributed by atoms with Gasteiger partial charge in [0.15, 0.2) is 0 Å². The van der Waals surface area contributed by atoms with Crippen molar-refractivity contribution in [2.24, 2.45) is 5.92 Å². The molecule has 44 heavy (non-hydrogen) atoms. The van der Waals surface area contributed by atoms with Gasteiger partial charge in [0.1, 0.15) is 12.7 Å². The molecule has 0 aliphatic carbocycles. The van der Waals surface area contributed by atoms with Crippen molar-refractivity contribution in [2.45, 2.75) is 225 Å². The summed E-state index contributed by atoms with van der Waals surface area (Å²) in [6.07, 6.45) is 37.2. The van der Waals surface area contributed by atoms with Crippen molar-refractivity contribution in [2.75, 3.05) is 13.2 Å². The summed E-state index contributed by atoms with van der Waals surface area (Å²) in [4.78, 5) is 12.8. The van der Waals surface area contributed by atoms with E-state index in [2.05, 4.69) is 13.8 Å². The Morgan fingerprint density at radius 2 is 0.773 bits per heavy atom. The van der Waals surface area contributed by atoms with Crippen LogP contribution in [0.2, 0.25) is 0 Å². The van der Waals surface area contributed by atoms with Crippen LogP contribution < -0.4 is 0 Å². The Kier molecular flexibility index (Phi) is 34.7. The van der Waals surface area contributed by atoms with Gasteiger partial charge in [-0.15, -0.1) is 0 Å². The second kappa shape index (κ2) is 35.2. The van der Waals surface area contributed by atoms with Gasteiger partial charge in [0.05, 0.1) is 18.6 Å². The maximum absolute atomic E-state index is 12.8. The smallest absolute Gasteiger partial charge is 0.311 e. The molecule has 0 aliphatic rings. The minimum Gasteiger partial charge on any atom is -0.463 e. The zero-order valence-corrected chi connectivity index (χ0v) is 29.7. The van der Waals surface area contributed by atoms with Gasteiger partial charge in [-0.1, -0.05) is 200 Å². The van der Waals surface area contributed by atoms with Crippen molar-refractivity contribution in [1.82, 2.24) is 0 Å². The van der Waals surface area contributed by atoms with Gasteiger partial charge in [-0.2, -0.15) is 0 Å². The third-order valence-electron chi connectivity index (χ3n) is 9.37. The lowest BCUT2D eigenvalue weighted by atomic mass is 9.91. The first kappa shape index (κ1) is 43.4. The minimum absolute atomic E-state index is 0.212. The Balaban J connectivity index is 3.99. The Hall–Kier alpha value is -0.650. The SMILES string of the molecule is CCCCCCCCCCCCCCCCC[C@@H](O)[C@H](CCCCCCCCCCCCCCCC)C(=O)OC[C@H](O)CO. The van der Waals surface area contributed by atoms with E-state index >= 15 is 0 Å². The molecular formula is C39H78O5. The van der Waals surface area contributed by atoms with Gasteiger partial charge in [-0.3, -0.25) is 4.79 Å². The molecule has 0 rings (SSSR count). The first-order valence-electron chi connectivity index (χ1n) is 19.7. The Bertz CT molecular complexity index is 569. The standard InChI is InChI=1S/C39H78O5/c1-3-5-7-9-11-13-15-17-19-21-23-25-27-29-31-33-38(42)37(39(43)44-35-36(41)34-40)32-30-28-26-24-22-20-18-16-14-12-10-8-6-4-2/h36-38,40-42H,3-35H2,1-2H3/t36-,37+,38-/m1/s1. The van der Waals surface area contributed by atoms with Gasteiger partial charge in [0.25, 0.3) is 0 Å². The highest BCUT2D eigenvalue weighted by Gasteiger charge is 2.28. The van der Waals surface area contributed by atoms with Gasteiger partial charge in [-0.25, -0.2) is 0 Å². The zero-order valence-electron chi connectivity index (χ0n) is 29.7. The molecule has 0 spiro atoms. The topological polar surface area (TPSA) is 87.0 Å². The van der Waals surface area contributed by atoms with Crippen LogP contribution in [-0.2, 0) is 9.53 Å². The number of rotatable bonds is 36. The summed E-state index contributed by atoms with van der Waals surface area (Å²) in [5.74, 6) is -0.967. The van der Waals surface area contributed by atoms with Gasteiger partial charge >= 0.3 is 5.97 Å². The predicted molar refractivity (Wildman–Crippen MR) is 188 cm³/mol. The molecule has 0 aromatic rings. The fourth-order valence-corrected chi connectivity index (χ4v) is 6.29. The summed E-state index contributed by atoms with van der Waals surface area (Å²) >= 11 is 0. The molecule has 264 valence electrons. The average molecular weight is 627 g/mol. The lowest BCUT2D eigenvalue weighted by Gasteiger charge is -2.22. The summed E-state index contributed by atoms with van der Waals surface area (Å²) in [5, 5.41) is 29.5. The quantitative estimate of drug-likeness (QED) is 0.0476. The average Bonchev–Trinajstić information content (AvgIpc) is 3.03. The maximum atomic E-state index is 12.8. The van der Waals surface area contributed by atoms with E-state index in [-0.39, 0.29) is 6.61 Å². The van der Waals surface area contributed by atoms with E-state index in [4.69, 9.17) is 9.84 Å². The molecule has 3 N–H and O–H groups in total. The highest BCUT2D eigenvalue weighted by atomic mass is 16.5. The molecule has 0 aromatic heterocycles. The number of carbonyl (C=O) groups is 1.